The fourth-order valence-corrected chi connectivity index (χ4v) is 5.97. The second-order valence-electron chi connectivity index (χ2n) is 8.83. The van der Waals surface area contributed by atoms with Crippen LogP contribution in [0.15, 0.2) is 82.7 Å². The number of fused-ring (bicyclic) bond motifs is 1. The number of nitrogens with zero attached hydrogens (tertiary/aromatic N) is 3. The smallest absolute Gasteiger partial charge is 0.266 e. The highest BCUT2D eigenvalue weighted by atomic mass is 35.5. The molecule has 0 spiro atoms. The van der Waals surface area contributed by atoms with Gasteiger partial charge in [0, 0.05) is 45.4 Å². The summed E-state index contributed by atoms with van der Waals surface area (Å²) in [5.41, 5.74) is 4.91. The van der Waals surface area contributed by atoms with Crippen LogP contribution in [0.5, 0.6) is 0 Å². The van der Waals surface area contributed by atoms with E-state index in [9.17, 15) is 4.79 Å². The monoisotopic (exact) mass is 563 g/mol. The highest BCUT2D eigenvalue weighted by Gasteiger charge is 2.33. The zero-order valence-corrected chi connectivity index (χ0v) is 23.5. The van der Waals surface area contributed by atoms with Crippen molar-refractivity contribution in [1.82, 2.24) is 9.47 Å². The number of hydrogen-bond acceptors (Lipinski definition) is 4. The van der Waals surface area contributed by atoms with Gasteiger partial charge in [-0.2, -0.15) is 0 Å². The molecule has 1 saturated heterocycles. The van der Waals surface area contributed by atoms with Gasteiger partial charge in [-0.25, -0.2) is 4.99 Å². The first kappa shape index (κ1) is 26.6. The predicted octanol–water partition coefficient (Wildman–Crippen LogP) is 7.95. The maximum atomic E-state index is 13.6. The number of benzene rings is 3. The third kappa shape index (κ3) is 5.54. The highest BCUT2D eigenvalue weighted by Crippen LogP contribution is 2.37. The lowest BCUT2D eigenvalue weighted by atomic mass is 10.1. The zero-order valence-electron chi connectivity index (χ0n) is 21.2. The molecule has 38 heavy (non-hydrogen) atoms. The van der Waals surface area contributed by atoms with Crippen molar-refractivity contribution in [3.63, 3.8) is 0 Å². The number of halogens is 2. The van der Waals surface area contributed by atoms with Crippen molar-refractivity contribution in [3.05, 3.63) is 105 Å². The van der Waals surface area contributed by atoms with Crippen LogP contribution in [0.3, 0.4) is 0 Å². The molecule has 0 atom stereocenters. The van der Waals surface area contributed by atoms with Crippen LogP contribution < -0.4 is 0 Å². The Morgan fingerprint density at radius 3 is 2.55 bits per heavy atom. The van der Waals surface area contributed by atoms with Gasteiger partial charge in [-0.3, -0.25) is 9.69 Å². The Labute approximate surface area is 236 Å². The lowest BCUT2D eigenvalue weighted by molar-refractivity contribution is -0.122. The van der Waals surface area contributed by atoms with E-state index < -0.39 is 0 Å². The molecule has 1 fully saturated rings. The van der Waals surface area contributed by atoms with Crippen molar-refractivity contribution >= 4 is 68.7 Å². The molecule has 0 radical (unpaired) electrons. The van der Waals surface area contributed by atoms with E-state index in [1.807, 2.05) is 67.6 Å². The number of carbonyl (C=O) groups is 1. The second kappa shape index (κ2) is 11.8. The number of aliphatic imine (C=N–C) groups is 1. The first-order valence-electron chi connectivity index (χ1n) is 12.4. The topological polar surface area (TPSA) is 46.8 Å². The Bertz CT molecular complexity index is 1550. The van der Waals surface area contributed by atoms with Crippen LogP contribution in [0.4, 0.5) is 5.69 Å². The summed E-state index contributed by atoms with van der Waals surface area (Å²) in [6.45, 7) is 6.10. The Morgan fingerprint density at radius 1 is 1.03 bits per heavy atom. The number of para-hydroxylation sites is 2. The van der Waals surface area contributed by atoms with E-state index in [0.29, 0.717) is 46.4 Å². The minimum absolute atomic E-state index is 0.0682. The van der Waals surface area contributed by atoms with Crippen molar-refractivity contribution in [2.75, 3.05) is 19.8 Å². The summed E-state index contributed by atoms with van der Waals surface area (Å²) >= 11 is 14.0. The number of hydrogen-bond donors (Lipinski definition) is 0. The van der Waals surface area contributed by atoms with Crippen LogP contribution in [-0.4, -0.2) is 40.3 Å². The van der Waals surface area contributed by atoms with Crippen molar-refractivity contribution in [3.8, 4) is 0 Å². The maximum Gasteiger partial charge on any atom is 0.266 e. The lowest BCUT2D eigenvalue weighted by Gasteiger charge is -2.15. The number of aromatic nitrogens is 1. The molecule has 0 N–H and O–H groups in total. The van der Waals surface area contributed by atoms with Gasteiger partial charge in [0.15, 0.2) is 5.17 Å². The SMILES string of the molecule is CCOCCN1C(=O)/C(=C/c2c(C)n(Cc3ccc(Cl)cc3Cl)c3ccccc23)SC1=Nc1ccccc1. The molecule has 8 heteroatoms. The lowest BCUT2D eigenvalue weighted by Crippen LogP contribution is -2.32. The van der Waals surface area contributed by atoms with E-state index in [-0.39, 0.29) is 5.91 Å². The highest BCUT2D eigenvalue weighted by molar-refractivity contribution is 8.18. The molecular weight excluding hydrogens is 537 g/mol. The van der Waals surface area contributed by atoms with E-state index in [2.05, 4.69) is 23.6 Å². The van der Waals surface area contributed by atoms with Gasteiger partial charge in [0.1, 0.15) is 0 Å². The number of rotatable bonds is 8. The largest absolute Gasteiger partial charge is 0.380 e. The van der Waals surface area contributed by atoms with Gasteiger partial charge in [0.05, 0.1) is 23.7 Å². The zero-order chi connectivity index (χ0) is 26.6. The van der Waals surface area contributed by atoms with Gasteiger partial charge in [-0.05, 0) is 67.6 Å². The summed E-state index contributed by atoms with van der Waals surface area (Å²) in [6, 6.07) is 23.5. The molecule has 4 aromatic rings. The third-order valence-electron chi connectivity index (χ3n) is 6.43. The molecule has 3 aromatic carbocycles. The standard InChI is InChI=1S/C30H27Cl2N3O2S/c1-3-37-16-15-34-29(36)28(38-30(34)33-23-9-5-4-6-10-23)18-25-20(2)35(27-12-8-7-11-24(25)27)19-21-13-14-22(31)17-26(21)32/h4-14,17-18H,3,15-16,19H2,1-2H3/b28-18-,33-30?. The molecule has 0 aliphatic carbocycles. The Hall–Kier alpha value is -3.03. The van der Waals surface area contributed by atoms with E-state index in [1.54, 1.807) is 11.0 Å². The summed E-state index contributed by atoms with van der Waals surface area (Å²) in [5.74, 6) is -0.0682. The second-order valence-corrected chi connectivity index (χ2v) is 10.7. The molecule has 1 aromatic heterocycles. The predicted molar refractivity (Wildman–Crippen MR) is 160 cm³/mol. The summed E-state index contributed by atoms with van der Waals surface area (Å²) in [5, 5.41) is 2.96. The number of amidine groups is 1. The van der Waals surface area contributed by atoms with Crippen LogP contribution in [0, 0.1) is 6.92 Å². The maximum absolute atomic E-state index is 13.6. The summed E-state index contributed by atoms with van der Waals surface area (Å²) < 4.78 is 7.78. The number of ether oxygens (including phenoxy) is 1. The molecule has 0 unspecified atom stereocenters. The first-order chi connectivity index (χ1) is 18.5. The molecule has 2 heterocycles. The van der Waals surface area contributed by atoms with Gasteiger partial charge in [0.25, 0.3) is 5.91 Å². The van der Waals surface area contributed by atoms with Crippen LogP contribution in [0.25, 0.3) is 17.0 Å². The fraction of sp³-hybridized carbons (Fsp3) is 0.200. The van der Waals surface area contributed by atoms with Crippen molar-refractivity contribution in [2.45, 2.75) is 20.4 Å². The van der Waals surface area contributed by atoms with Crippen molar-refractivity contribution in [2.24, 2.45) is 4.99 Å². The fourth-order valence-electron chi connectivity index (χ4n) is 4.50. The Balaban J connectivity index is 1.55. The molecule has 1 amide bonds. The molecule has 194 valence electrons. The number of carbonyl (C=O) groups excluding carboxylic acids is 1. The molecule has 0 saturated carbocycles. The third-order valence-corrected chi connectivity index (χ3v) is 8.02. The van der Waals surface area contributed by atoms with Gasteiger partial charge in [0.2, 0.25) is 0 Å². The van der Waals surface area contributed by atoms with Crippen LogP contribution in [0.1, 0.15) is 23.7 Å². The van der Waals surface area contributed by atoms with Gasteiger partial charge in [-0.15, -0.1) is 0 Å². The van der Waals surface area contributed by atoms with E-state index in [4.69, 9.17) is 32.9 Å². The molecule has 5 nitrogen and oxygen atoms in total. The molecular formula is C30H27Cl2N3O2S. The van der Waals surface area contributed by atoms with Crippen LogP contribution in [-0.2, 0) is 16.1 Å². The number of thioether (sulfide) groups is 1. The Kier molecular flexibility index (Phi) is 8.24. The van der Waals surface area contributed by atoms with Gasteiger partial charge in [-0.1, -0.05) is 65.7 Å². The van der Waals surface area contributed by atoms with Crippen LogP contribution in [0.2, 0.25) is 10.0 Å². The molecule has 1 aliphatic rings. The molecule has 1 aliphatic heterocycles. The van der Waals surface area contributed by atoms with E-state index in [0.717, 1.165) is 33.4 Å². The van der Waals surface area contributed by atoms with E-state index in [1.165, 1.54) is 11.8 Å². The first-order valence-corrected chi connectivity index (χ1v) is 14.0. The normalized spacial score (nSPS) is 15.9. The number of amides is 1. The van der Waals surface area contributed by atoms with Gasteiger partial charge >= 0.3 is 0 Å². The quantitative estimate of drug-likeness (QED) is 0.161. The van der Waals surface area contributed by atoms with Gasteiger partial charge < -0.3 is 9.30 Å². The summed E-state index contributed by atoms with van der Waals surface area (Å²) in [4.78, 5) is 20.7. The summed E-state index contributed by atoms with van der Waals surface area (Å²) in [7, 11) is 0. The minimum Gasteiger partial charge on any atom is -0.380 e. The Morgan fingerprint density at radius 2 is 1.79 bits per heavy atom. The molecule has 5 rings (SSSR count). The minimum atomic E-state index is -0.0682. The molecule has 0 bridgehead atoms. The van der Waals surface area contributed by atoms with Crippen molar-refractivity contribution in [1.29, 1.82) is 0 Å². The average molecular weight is 565 g/mol. The average Bonchev–Trinajstić information content (AvgIpc) is 3.35. The van der Waals surface area contributed by atoms with E-state index >= 15 is 0 Å². The summed E-state index contributed by atoms with van der Waals surface area (Å²) in [6.07, 6.45) is 1.99. The van der Waals surface area contributed by atoms with Crippen molar-refractivity contribution < 1.29 is 9.53 Å². The van der Waals surface area contributed by atoms with Crippen LogP contribution >= 0.6 is 35.0 Å².